The number of carbonyl (C=O) groups is 2. The maximum atomic E-state index is 11.8. The molecule has 2 rings (SSSR count). The summed E-state index contributed by atoms with van der Waals surface area (Å²) in [6, 6.07) is 5.40. The summed E-state index contributed by atoms with van der Waals surface area (Å²) in [7, 11) is 0. The van der Waals surface area contributed by atoms with Gasteiger partial charge in [0.1, 0.15) is 5.75 Å². The monoisotopic (exact) mass is 266 g/mol. The second kappa shape index (κ2) is 5.41. The molecule has 0 bridgehead atoms. The van der Waals surface area contributed by atoms with Gasteiger partial charge >= 0.3 is 0 Å². The van der Waals surface area contributed by atoms with Gasteiger partial charge < -0.3 is 10.5 Å². The molecule has 96 valence electrons. The van der Waals surface area contributed by atoms with Crippen LogP contribution in [0.25, 0.3) is 0 Å². The third kappa shape index (κ3) is 2.34. The third-order valence-electron chi connectivity index (χ3n) is 2.68. The van der Waals surface area contributed by atoms with Crippen LogP contribution in [0.4, 0.5) is 5.69 Å². The number of thiol groups is 1. The van der Waals surface area contributed by atoms with Crippen molar-refractivity contribution in [3.05, 3.63) is 23.8 Å². The fourth-order valence-corrected chi connectivity index (χ4v) is 2.01. The number of benzene rings is 1. The standard InChI is InChI=1S/C12H14N2O3S/c13-4-3-8-1-2-10-9(5-8)14(12(16)7-18)11(15)6-17-10/h1-2,5,18H,3-4,6-7,13H2. The molecule has 1 aliphatic heterocycles. The highest BCUT2D eigenvalue weighted by Gasteiger charge is 2.30. The van der Waals surface area contributed by atoms with E-state index in [1.165, 1.54) is 0 Å². The van der Waals surface area contributed by atoms with Gasteiger partial charge in [0.15, 0.2) is 6.61 Å². The molecule has 2 N–H and O–H groups in total. The average molecular weight is 266 g/mol. The summed E-state index contributed by atoms with van der Waals surface area (Å²) in [6.07, 6.45) is 0.685. The summed E-state index contributed by atoms with van der Waals surface area (Å²) in [6.45, 7) is 0.386. The molecule has 0 radical (unpaired) electrons. The molecule has 0 fully saturated rings. The Bertz CT molecular complexity index is 490. The molecule has 0 aromatic heterocycles. The van der Waals surface area contributed by atoms with E-state index in [2.05, 4.69) is 12.6 Å². The predicted molar refractivity (Wildman–Crippen MR) is 71.0 cm³/mol. The van der Waals surface area contributed by atoms with E-state index in [0.717, 1.165) is 10.5 Å². The van der Waals surface area contributed by atoms with E-state index in [4.69, 9.17) is 10.5 Å². The number of imide groups is 1. The number of carbonyl (C=O) groups excluding carboxylic acids is 2. The minimum absolute atomic E-state index is 0.0215. The number of anilines is 1. The molecule has 1 aromatic rings. The molecule has 0 unspecified atom stereocenters. The third-order valence-corrected chi connectivity index (χ3v) is 2.95. The van der Waals surface area contributed by atoms with Gasteiger partial charge in [0.2, 0.25) is 5.91 Å². The number of fused-ring (bicyclic) bond motifs is 1. The smallest absolute Gasteiger partial charge is 0.271 e. The average Bonchev–Trinajstić information content (AvgIpc) is 2.38. The van der Waals surface area contributed by atoms with Gasteiger partial charge in [-0.2, -0.15) is 12.6 Å². The lowest BCUT2D eigenvalue weighted by molar-refractivity contribution is -0.127. The molecule has 0 atom stereocenters. The topological polar surface area (TPSA) is 72.6 Å². The van der Waals surface area contributed by atoms with Crippen molar-refractivity contribution >= 4 is 30.1 Å². The van der Waals surface area contributed by atoms with Crippen LogP contribution in [-0.2, 0) is 16.0 Å². The Morgan fingerprint density at radius 1 is 1.50 bits per heavy atom. The quantitative estimate of drug-likeness (QED) is 0.775. The minimum Gasteiger partial charge on any atom is -0.482 e. The van der Waals surface area contributed by atoms with Gasteiger partial charge in [-0.05, 0) is 30.7 Å². The van der Waals surface area contributed by atoms with Gasteiger partial charge in [0.05, 0.1) is 11.4 Å². The lowest BCUT2D eigenvalue weighted by Crippen LogP contribution is -2.43. The molecule has 6 heteroatoms. The van der Waals surface area contributed by atoms with Crippen molar-refractivity contribution in [1.29, 1.82) is 0 Å². The summed E-state index contributed by atoms with van der Waals surface area (Å²) >= 11 is 3.92. The Hall–Kier alpha value is -1.53. The van der Waals surface area contributed by atoms with Gasteiger partial charge in [0.25, 0.3) is 5.91 Å². The molecule has 0 saturated heterocycles. The molecular formula is C12H14N2O3S. The summed E-state index contributed by atoms with van der Waals surface area (Å²) < 4.78 is 5.29. The fourth-order valence-electron chi connectivity index (χ4n) is 1.86. The van der Waals surface area contributed by atoms with Crippen molar-refractivity contribution in [1.82, 2.24) is 0 Å². The van der Waals surface area contributed by atoms with Gasteiger partial charge in [-0.15, -0.1) is 0 Å². The van der Waals surface area contributed by atoms with Crippen LogP contribution in [0.15, 0.2) is 18.2 Å². The molecule has 0 saturated carbocycles. The number of nitrogens with zero attached hydrogens (tertiary/aromatic N) is 1. The molecule has 0 aliphatic carbocycles. The van der Waals surface area contributed by atoms with Crippen molar-refractivity contribution in [2.75, 3.05) is 23.8 Å². The first-order valence-corrected chi connectivity index (χ1v) is 6.23. The Balaban J connectivity index is 2.43. The zero-order chi connectivity index (χ0) is 13.1. The molecule has 1 aromatic carbocycles. The van der Waals surface area contributed by atoms with Crippen molar-refractivity contribution < 1.29 is 14.3 Å². The largest absolute Gasteiger partial charge is 0.482 e. The van der Waals surface area contributed by atoms with E-state index < -0.39 is 0 Å². The SMILES string of the molecule is NCCc1ccc2c(c1)N(C(=O)CS)C(=O)CO2. The molecule has 2 amide bonds. The summed E-state index contributed by atoms with van der Waals surface area (Å²) in [5, 5.41) is 0. The lowest BCUT2D eigenvalue weighted by atomic mass is 10.1. The Morgan fingerprint density at radius 2 is 2.28 bits per heavy atom. The maximum Gasteiger partial charge on any atom is 0.271 e. The molecular weight excluding hydrogens is 252 g/mol. The first kappa shape index (κ1) is 12.9. The van der Waals surface area contributed by atoms with Crippen LogP contribution >= 0.6 is 12.6 Å². The van der Waals surface area contributed by atoms with Crippen molar-refractivity contribution in [3.63, 3.8) is 0 Å². The number of rotatable bonds is 3. The Morgan fingerprint density at radius 3 is 2.94 bits per heavy atom. The van der Waals surface area contributed by atoms with Crippen LogP contribution in [0.3, 0.4) is 0 Å². The molecule has 1 heterocycles. The highest BCUT2D eigenvalue weighted by molar-refractivity contribution is 7.81. The zero-order valence-corrected chi connectivity index (χ0v) is 10.7. The summed E-state index contributed by atoms with van der Waals surface area (Å²) in [4.78, 5) is 24.6. The second-order valence-electron chi connectivity index (χ2n) is 3.91. The molecule has 1 aliphatic rings. The molecule has 5 nitrogen and oxygen atoms in total. The summed E-state index contributed by atoms with van der Waals surface area (Å²) in [5.41, 5.74) is 6.94. The highest BCUT2D eigenvalue weighted by atomic mass is 32.1. The van der Waals surface area contributed by atoms with E-state index in [-0.39, 0.29) is 24.2 Å². The van der Waals surface area contributed by atoms with E-state index >= 15 is 0 Å². The van der Waals surface area contributed by atoms with E-state index in [0.29, 0.717) is 24.4 Å². The Labute approximate surface area is 110 Å². The van der Waals surface area contributed by atoms with Crippen molar-refractivity contribution in [2.24, 2.45) is 5.73 Å². The number of nitrogens with two attached hydrogens (primary N) is 1. The summed E-state index contributed by atoms with van der Waals surface area (Å²) in [5.74, 6) is -0.207. The van der Waals surface area contributed by atoms with Crippen molar-refractivity contribution in [3.8, 4) is 5.75 Å². The Kier molecular flexibility index (Phi) is 3.88. The van der Waals surface area contributed by atoms with Crippen LogP contribution in [0.2, 0.25) is 0 Å². The highest BCUT2D eigenvalue weighted by Crippen LogP contribution is 2.33. The number of amides is 2. The van der Waals surface area contributed by atoms with Gasteiger partial charge in [-0.1, -0.05) is 6.07 Å². The fraction of sp³-hybridized carbons (Fsp3) is 0.333. The zero-order valence-electron chi connectivity index (χ0n) is 9.76. The molecule has 18 heavy (non-hydrogen) atoms. The predicted octanol–water partition coefficient (Wildman–Crippen LogP) is 0.370. The minimum atomic E-state index is -0.369. The number of ether oxygens (including phenoxy) is 1. The second-order valence-corrected chi connectivity index (χ2v) is 4.23. The van der Waals surface area contributed by atoms with Crippen LogP contribution in [-0.4, -0.2) is 30.7 Å². The lowest BCUT2D eigenvalue weighted by Gasteiger charge is -2.27. The first-order valence-electron chi connectivity index (χ1n) is 5.60. The van der Waals surface area contributed by atoms with Gasteiger partial charge in [-0.3, -0.25) is 9.59 Å². The van der Waals surface area contributed by atoms with Crippen LogP contribution in [0.5, 0.6) is 5.75 Å². The first-order chi connectivity index (χ1) is 8.67. The van der Waals surface area contributed by atoms with E-state index in [1.807, 2.05) is 6.07 Å². The van der Waals surface area contributed by atoms with Crippen LogP contribution in [0, 0.1) is 0 Å². The number of hydrogen-bond donors (Lipinski definition) is 2. The van der Waals surface area contributed by atoms with Gasteiger partial charge in [-0.25, -0.2) is 4.90 Å². The normalized spacial score (nSPS) is 14.1. The van der Waals surface area contributed by atoms with Crippen LogP contribution in [0.1, 0.15) is 5.56 Å². The van der Waals surface area contributed by atoms with Gasteiger partial charge in [0, 0.05) is 0 Å². The van der Waals surface area contributed by atoms with E-state index in [1.54, 1.807) is 12.1 Å². The van der Waals surface area contributed by atoms with Crippen LogP contribution < -0.4 is 15.4 Å². The number of hydrogen-bond acceptors (Lipinski definition) is 5. The molecule has 0 spiro atoms. The van der Waals surface area contributed by atoms with Crippen molar-refractivity contribution in [2.45, 2.75) is 6.42 Å². The van der Waals surface area contributed by atoms with E-state index in [9.17, 15) is 9.59 Å². The maximum absolute atomic E-state index is 11.8.